The highest BCUT2D eigenvalue weighted by molar-refractivity contribution is 7.99. The van der Waals surface area contributed by atoms with Crippen molar-refractivity contribution >= 4 is 11.8 Å². The van der Waals surface area contributed by atoms with Crippen LogP contribution < -0.4 is 5.73 Å². The summed E-state index contributed by atoms with van der Waals surface area (Å²) < 4.78 is 0. The molecular formula is C10H24N2S. The summed E-state index contributed by atoms with van der Waals surface area (Å²) in [5.41, 5.74) is 5.49. The smallest absolute Gasteiger partial charge is 0.00722 e. The summed E-state index contributed by atoms with van der Waals surface area (Å²) >= 11 is 2.04. The Bertz CT molecular complexity index is 105. The molecule has 0 bridgehead atoms. The second-order valence-electron chi connectivity index (χ2n) is 3.29. The quantitative estimate of drug-likeness (QED) is 0.654. The van der Waals surface area contributed by atoms with Crippen molar-refractivity contribution in [2.45, 2.75) is 32.4 Å². The third-order valence-corrected chi connectivity index (χ3v) is 3.50. The maximum Gasteiger partial charge on any atom is 0.00722 e. The van der Waals surface area contributed by atoms with E-state index < -0.39 is 0 Å². The first kappa shape index (κ1) is 13.3. The lowest BCUT2D eigenvalue weighted by molar-refractivity contribution is 0.323. The largest absolute Gasteiger partial charge is 0.330 e. The minimum atomic E-state index is 0.723. The number of thioether (sulfide) groups is 1. The van der Waals surface area contributed by atoms with Crippen LogP contribution in [0.25, 0.3) is 0 Å². The van der Waals surface area contributed by atoms with Gasteiger partial charge in [-0.2, -0.15) is 11.8 Å². The number of nitrogens with two attached hydrogens (primary N) is 1. The van der Waals surface area contributed by atoms with Crippen LogP contribution in [-0.4, -0.2) is 42.1 Å². The maximum atomic E-state index is 5.49. The van der Waals surface area contributed by atoms with Crippen molar-refractivity contribution in [3.05, 3.63) is 0 Å². The summed E-state index contributed by atoms with van der Waals surface area (Å²) in [6, 6.07) is 0. The number of nitrogens with zero attached hydrogens (tertiary/aromatic N) is 1. The van der Waals surface area contributed by atoms with Crippen molar-refractivity contribution < 1.29 is 0 Å². The molecule has 0 aromatic heterocycles. The van der Waals surface area contributed by atoms with E-state index in [9.17, 15) is 0 Å². The zero-order valence-electron chi connectivity index (χ0n) is 9.25. The highest BCUT2D eigenvalue weighted by atomic mass is 32.2. The standard InChI is InChI=1S/C10H24N2S/c1-4-12(5-2)8-9-13-10(3)6-7-11/h10H,4-9,11H2,1-3H3. The zero-order chi connectivity index (χ0) is 10.1. The Hall–Kier alpha value is 0.270. The minimum Gasteiger partial charge on any atom is -0.330 e. The van der Waals surface area contributed by atoms with Gasteiger partial charge in [0.05, 0.1) is 0 Å². The molecular weight excluding hydrogens is 180 g/mol. The molecule has 0 fully saturated rings. The Balaban J connectivity index is 3.32. The van der Waals surface area contributed by atoms with Crippen molar-refractivity contribution in [2.24, 2.45) is 5.73 Å². The van der Waals surface area contributed by atoms with Gasteiger partial charge in [-0.3, -0.25) is 0 Å². The van der Waals surface area contributed by atoms with Crippen LogP contribution in [0.1, 0.15) is 27.2 Å². The van der Waals surface area contributed by atoms with E-state index in [1.165, 1.54) is 25.4 Å². The summed E-state index contributed by atoms with van der Waals surface area (Å²) in [7, 11) is 0. The fourth-order valence-corrected chi connectivity index (χ4v) is 2.31. The molecule has 0 saturated carbocycles. The van der Waals surface area contributed by atoms with Crippen LogP contribution in [0, 0.1) is 0 Å². The van der Waals surface area contributed by atoms with Crippen LogP contribution in [0.5, 0.6) is 0 Å². The van der Waals surface area contributed by atoms with E-state index in [4.69, 9.17) is 5.73 Å². The lowest BCUT2D eigenvalue weighted by atomic mass is 10.3. The van der Waals surface area contributed by atoms with Crippen LogP contribution >= 0.6 is 11.8 Å². The SMILES string of the molecule is CCN(CC)CCSC(C)CCN. The first-order valence-electron chi connectivity index (χ1n) is 5.28. The highest BCUT2D eigenvalue weighted by Crippen LogP contribution is 2.12. The van der Waals surface area contributed by atoms with Gasteiger partial charge >= 0.3 is 0 Å². The van der Waals surface area contributed by atoms with Gasteiger partial charge in [-0.1, -0.05) is 20.8 Å². The fraction of sp³-hybridized carbons (Fsp3) is 1.00. The van der Waals surface area contributed by atoms with Crippen LogP contribution in [0.3, 0.4) is 0 Å². The van der Waals surface area contributed by atoms with E-state index in [-0.39, 0.29) is 0 Å². The molecule has 0 aliphatic carbocycles. The molecule has 0 rings (SSSR count). The molecule has 13 heavy (non-hydrogen) atoms. The highest BCUT2D eigenvalue weighted by Gasteiger charge is 2.02. The van der Waals surface area contributed by atoms with Gasteiger partial charge < -0.3 is 10.6 Å². The molecule has 0 heterocycles. The Labute approximate surface area is 87.2 Å². The van der Waals surface area contributed by atoms with Gasteiger partial charge in [0.1, 0.15) is 0 Å². The van der Waals surface area contributed by atoms with Crippen LogP contribution in [0.4, 0.5) is 0 Å². The summed E-state index contributed by atoms with van der Waals surface area (Å²) in [6.07, 6.45) is 1.14. The molecule has 2 N–H and O–H groups in total. The van der Waals surface area contributed by atoms with Gasteiger partial charge in [-0.05, 0) is 26.1 Å². The van der Waals surface area contributed by atoms with Gasteiger partial charge in [-0.25, -0.2) is 0 Å². The second kappa shape index (κ2) is 8.85. The van der Waals surface area contributed by atoms with E-state index >= 15 is 0 Å². The fourth-order valence-electron chi connectivity index (χ4n) is 1.24. The summed E-state index contributed by atoms with van der Waals surface area (Å²) in [5, 5.41) is 0.723. The molecule has 0 radical (unpaired) electrons. The van der Waals surface area contributed by atoms with Crippen molar-refractivity contribution in [1.82, 2.24) is 4.90 Å². The molecule has 1 atom stereocenters. The molecule has 0 amide bonds. The minimum absolute atomic E-state index is 0.723. The maximum absolute atomic E-state index is 5.49. The van der Waals surface area contributed by atoms with Gasteiger partial charge in [-0.15, -0.1) is 0 Å². The van der Waals surface area contributed by atoms with Crippen molar-refractivity contribution in [3.63, 3.8) is 0 Å². The molecule has 0 aliphatic rings. The summed E-state index contributed by atoms with van der Waals surface area (Å²) in [5.74, 6) is 1.24. The molecule has 80 valence electrons. The molecule has 0 saturated heterocycles. The predicted octanol–water partition coefficient (Wildman–Crippen LogP) is 1.80. The first-order chi connectivity index (χ1) is 6.24. The van der Waals surface area contributed by atoms with E-state index in [1.54, 1.807) is 0 Å². The van der Waals surface area contributed by atoms with Gasteiger partial charge in [0.15, 0.2) is 0 Å². The Kier molecular flexibility index (Phi) is 9.03. The Morgan fingerprint density at radius 2 is 1.92 bits per heavy atom. The lowest BCUT2D eigenvalue weighted by Gasteiger charge is -2.18. The van der Waals surface area contributed by atoms with E-state index in [0.29, 0.717) is 0 Å². The van der Waals surface area contributed by atoms with Crippen molar-refractivity contribution in [3.8, 4) is 0 Å². The van der Waals surface area contributed by atoms with Gasteiger partial charge in [0, 0.05) is 17.5 Å². The van der Waals surface area contributed by atoms with E-state index in [2.05, 4.69) is 25.7 Å². The first-order valence-corrected chi connectivity index (χ1v) is 6.33. The number of hydrogen-bond donors (Lipinski definition) is 1. The third-order valence-electron chi connectivity index (χ3n) is 2.28. The lowest BCUT2D eigenvalue weighted by Crippen LogP contribution is -2.26. The van der Waals surface area contributed by atoms with Crippen LogP contribution in [-0.2, 0) is 0 Å². The monoisotopic (exact) mass is 204 g/mol. The molecule has 2 nitrogen and oxygen atoms in total. The average Bonchev–Trinajstić information content (AvgIpc) is 2.13. The molecule has 0 aromatic carbocycles. The Morgan fingerprint density at radius 1 is 1.31 bits per heavy atom. The molecule has 0 aromatic rings. The predicted molar refractivity (Wildman–Crippen MR) is 63.4 cm³/mol. The third kappa shape index (κ3) is 7.35. The normalized spacial score (nSPS) is 13.6. The molecule has 3 heteroatoms. The Morgan fingerprint density at radius 3 is 2.38 bits per heavy atom. The van der Waals surface area contributed by atoms with Crippen molar-refractivity contribution in [2.75, 3.05) is 31.9 Å². The topological polar surface area (TPSA) is 29.3 Å². The van der Waals surface area contributed by atoms with Crippen LogP contribution in [0.15, 0.2) is 0 Å². The van der Waals surface area contributed by atoms with Gasteiger partial charge in [0.25, 0.3) is 0 Å². The average molecular weight is 204 g/mol. The van der Waals surface area contributed by atoms with Crippen molar-refractivity contribution in [1.29, 1.82) is 0 Å². The van der Waals surface area contributed by atoms with Gasteiger partial charge in [0.2, 0.25) is 0 Å². The van der Waals surface area contributed by atoms with Crippen LogP contribution in [0.2, 0.25) is 0 Å². The number of hydrogen-bond acceptors (Lipinski definition) is 3. The summed E-state index contributed by atoms with van der Waals surface area (Å²) in [4.78, 5) is 2.46. The van der Waals surface area contributed by atoms with E-state index in [0.717, 1.165) is 18.2 Å². The molecule has 1 unspecified atom stereocenters. The summed E-state index contributed by atoms with van der Waals surface area (Å²) in [6.45, 7) is 11.1. The second-order valence-corrected chi connectivity index (χ2v) is 4.83. The number of rotatable bonds is 8. The molecule has 0 spiro atoms. The van der Waals surface area contributed by atoms with E-state index in [1.807, 2.05) is 11.8 Å². The zero-order valence-corrected chi connectivity index (χ0v) is 10.1. The molecule has 0 aliphatic heterocycles.